The van der Waals surface area contributed by atoms with E-state index in [1.54, 1.807) is 13.0 Å². The van der Waals surface area contributed by atoms with E-state index in [4.69, 9.17) is 0 Å². The van der Waals surface area contributed by atoms with Gasteiger partial charge in [-0.2, -0.15) is 0 Å². The van der Waals surface area contributed by atoms with Gasteiger partial charge in [-0.1, -0.05) is 45.9 Å². The molecule has 3 saturated carbocycles. The van der Waals surface area contributed by atoms with Crippen LogP contribution in [0.15, 0.2) is 47.1 Å². The molecule has 33 heavy (non-hydrogen) atoms. The Bertz CT molecular complexity index is 1020. The number of carbonyl (C=O) groups excluding carboxylic acids is 4. The summed E-state index contributed by atoms with van der Waals surface area (Å²) in [5, 5.41) is 0. The van der Waals surface area contributed by atoms with Crippen molar-refractivity contribution in [2.45, 2.75) is 80.6 Å². The van der Waals surface area contributed by atoms with Crippen molar-refractivity contribution in [2.75, 3.05) is 0 Å². The van der Waals surface area contributed by atoms with Crippen LogP contribution in [-0.2, 0) is 19.2 Å². The van der Waals surface area contributed by atoms with Crippen molar-refractivity contribution in [2.24, 2.45) is 28.1 Å². The summed E-state index contributed by atoms with van der Waals surface area (Å²) < 4.78 is 0. The first-order chi connectivity index (χ1) is 15.2. The Morgan fingerprint density at radius 2 is 1.58 bits per heavy atom. The molecule has 4 heteroatoms. The number of carbonyl (C=O) groups is 4. The molecule has 0 N–H and O–H groups in total. The van der Waals surface area contributed by atoms with Crippen molar-refractivity contribution in [1.82, 2.24) is 0 Å². The number of rotatable bonds is 5. The number of hydrogen-bond acceptors (Lipinski definition) is 4. The molecule has 3 aliphatic rings. The Labute approximate surface area is 198 Å². The van der Waals surface area contributed by atoms with Gasteiger partial charge < -0.3 is 0 Å². The molecule has 3 fully saturated rings. The summed E-state index contributed by atoms with van der Waals surface area (Å²) in [6.07, 6.45) is 11.9. The molecule has 3 aliphatic carbocycles. The van der Waals surface area contributed by atoms with E-state index in [2.05, 4.69) is 27.7 Å². The van der Waals surface area contributed by atoms with Gasteiger partial charge in [0.05, 0.1) is 0 Å². The fourth-order valence-electron chi connectivity index (χ4n) is 7.21. The van der Waals surface area contributed by atoms with E-state index in [-0.39, 0.29) is 39.5 Å². The van der Waals surface area contributed by atoms with Crippen molar-refractivity contribution in [3.63, 3.8) is 0 Å². The van der Waals surface area contributed by atoms with Gasteiger partial charge in [-0.15, -0.1) is 0 Å². The highest BCUT2D eigenvalue weighted by atomic mass is 16.1. The highest BCUT2D eigenvalue weighted by Gasteiger charge is 2.64. The van der Waals surface area contributed by atoms with Gasteiger partial charge in [-0.3, -0.25) is 19.2 Å². The van der Waals surface area contributed by atoms with Crippen molar-refractivity contribution in [3.8, 4) is 0 Å². The van der Waals surface area contributed by atoms with Crippen LogP contribution in [0.2, 0.25) is 0 Å². The van der Waals surface area contributed by atoms with Crippen LogP contribution in [-0.4, -0.2) is 23.1 Å². The van der Waals surface area contributed by atoms with Gasteiger partial charge in [0, 0.05) is 29.2 Å². The minimum atomic E-state index is -0.329. The lowest BCUT2D eigenvalue weighted by Crippen LogP contribution is -2.56. The van der Waals surface area contributed by atoms with Crippen LogP contribution in [0.3, 0.4) is 0 Å². The quantitative estimate of drug-likeness (QED) is 0.385. The number of allylic oxidation sites excluding steroid dienone is 8. The minimum Gasteiger partial charge on any atom is -0.299 e. The van der Waals surface area contributed by atoms with Crippen molar-refractivity contribution in [1.29, 1.82) is 0 Å². The molecule has 0 heterocycles. The second-order valence-corrected chi connectivity index (χ2v) is 11.4. The first kappa shape index (κ1) is 25.3. The minimum absolute atomic E-state index is 0.0161. The van der Waals surface area contributed by atoms with Gasteiger partial charge >= 0.3 is 0 Å². The maximum Gasteiger partial charge on any atom is 0.181 e. The first-order valence-corrected chi connectivity index (χ1v) is 12.1. The zero-order chi connectivity index (χ0) is 24.8. The standard InChI is InChI=1S/C29H38O4/c1-18(21(31)12-11-20(3)30)9-8-10-19(2)26-22(32)17-24-28(6)16-14-25(33)27(4,5)23(28)13-15-29(24,26)7/h8-12,23-24H,13-17H2,1-7H3/b10-8+,12-11+,18-9+,26-19+/t23-,24-,28+,29-/m0/s1. The third kappa shape index (κ3) is 4.29. The van der Waals surface area contributed by atoms with E-state index in [1.165, 1.54) is 19.1 Å². The Morgan fingerprint density at radius 3 is 2.21 bits per heavy atom. The van der Waals surface area contributed by atoms with Crippen LogP contribution in [0.4, 0.5) is 0 Å². The first-order valence-electron chi connectivity index (χ1n) is 12.1. The molecule has 4 nitrogen and oxygen atoms in total. The molecule has 0 saturated heterocycles. The summed E-state index contributed by atoms with van der Waals surface area (Å²) in [6.45, 7) is 13.9. The largest absolute Gasteiger partial charge is 0.299 e. The predicted molar refractivity (Wildman–Crippen MR) is 130 cm³/mol. The molecular weight excluding hydrogens is 412 g/mol. The monoisotopic (exact) mass is 450 g/mol. The maximum atomic E-state index is 13.3. The number of ketones is 4. The second kappa shape index (κ2) is 8.77. The number of fused-ring (bicyclic) bond motifs is 3. The molecule has 0 aromatic heterocycles. The van der Waals surface area contributed by atoms with Gasteiger partial charge in [-0.05, 0) is 80.6 Å². The summed E-state index contributed by atoms with van der Waals surface area (Å²) in [6, 6.07) is 0. The summed E-state index contributed by atoms with van der Waals surface area (Å²) >= 11 is 0. The normalized spacial score (nSPS) is 35.7. The highest BCUT2D eigenvalue weighted by molar-refractivity contribution is 6.07. The van der Waals surface area contributed by atoms with Crippen molar-refractivity contribution >= 4 is 23.1 Å². The van der Waals surface area contributed by atoms with Crippen LogP contribution < -0.4 is 0 Å². The lowest BCUT2D eigenvalue weighted by atomic mass is 9.43. The van der Waals surface area contributed by atoms with Crippen molar-refractivity contribution < 1.29 is 19.2 Å². The highest BCUT2D eigenvalue weighted by Crippen LogP contribution is 2.68. The van der Waals surface area contributed by atoms with E-state index in [0.29, 0.717) is 30.1 Å². The van der Waals surface area contributed by atoms with E-state index in [0.717, 1.165) is 30.4 Å². The molecule has 3 rings (SSSR count). The van der Waals surface area contributed by atoms with E-state index < -0.39 is 0 Å². The lowest BCUT2D eigenvalue weighted by Gasteiger charge is -2.60. The summed E-state index contributed by atoms with van der Waals surface area (Å²) in [4.78, 5) is 49.1. The van der Waals surface area contributed by atoms with Crippen LogP contribution in [0.5, 0.6) is 0 Å². The van der Waals surface area contributed by atoms with Gasteiger partial charge in [0.15, 0.2) is 17.3 Å². The molecular formula is C29H38O4. The molecule has 4 atom stereocenters. The van der Waals surface area contributed by atoms with Gasteiger partial charge in [0.25, 0.3) is 0 Å². The zero-order valence-corrected chi connectivity index (χ0v) is 21.2. The summed E-state index contributed by atoms with van der Waals surface area (Å²) in [5.41, 5.74) is 1.88. The second-order valence-electron chi connectivity index (χ2n) is 11.4. The molecule has 0 amide bonds. The molecule has 0 radical (unpaired) electrons. The Kier molecular flexibility index (Phi) is 6.72. The van der Waals surface area contributed by atoms with E-state index >= 15 is 0 Å². The van der Waals surface area contributed by atoms with Crippen LogP contribution in [0.1, 0.15) is 80.6 Å². The van der Waals surface area contributed by atoms with Crippen LogP contribution >= 0.6 is 0 Å². The smallest absolute Gasteiger partial charge is 0.181 e. The number of hydrogen-bond donors (Lipinski definition) is 0. The third-order valence-corrected chi connectivity index (χ3v) is 8.98. The van der Waals surface area contributed by atoms with Crippen LogP contribution in [0.25, 0.3) is 0 Å². The Morgan fingerprint density at radius 1 is 0.909 bits per heavy atom. The van der Waals surface area contributed by atoms with Gasteiger partial charge in [-0.25, -0.2) is 0 Å². The molecule has 0 unspecified atom stereocenters. The zero-order valence-electron chi connectivity index (χ0n) is 21.2. The molecule has 178 valence electrons. The predicted octanol–water partition coefficient (Wildman–Crippen LogP) is 5.92. The topological polar surface area (TPSA) is 68.3 Å². The van der Waals surface area contributed by atoms with Gasteiger partial charge in [0.2, 0.25) is 0 Å². The summed E-state index contributed by atoms with van der Waals surface area (Å²) in [7, 11) is 0. The van der Waals surface area contributed by atoms with Crippen molar-refractivity contribution in [3.05, 3.63) is 47.1 Å². The van der Waals surface area contributed by atoms with E-state index in [9.17, 15) is 19.2 Å². The fraction of sp³-hybridized carbons (Fsp3) is 0.586. The average molecular weight is 451 g/mol. The Balaban J connectivity index is 1.90. The van der Waals surface area contributed by atoms with Crippen LogP contribution in [0, 0.1) is 28.1 Å². The number of Topliss-reactive ketones (excluding diaryl/α,β-unsaturated/α-hetero) is 2. The SMILES string of the molecule is CC(=O)/C=C/C(=O)/C(C)=C/C=C/C(C)=C1\C(=O)C[C@H]2[C@]3(C)CCC(=O)C(C)(C)[C@@H]3CC[C@]12C. The average Bonchev–Trinajstić information content (AvgIpc) is 3.00. The molecule has 0 spiro atoms. The lowest BCUT2D eigenvalue weighted by molar-refractivity contribution is -0.154. The molecule has 0 aromatic rings. The maximum absolute atomic E-state index is 13.3. The van der Waals surface area contributed by atoms with Gasteiger partial charge in [0.1, 0.15) is 5.78 Å². The molecule has 0 aromatic carbocycles. The third-order valence-electron chi connectivity index (χ3n) is 8.98. The Hall–Kier alpha value is -2.36. The summed E-state index contributed by atoms with van der Waals surface area (Å²) in [5.74, 6) is 0.781. The fourth-order valence-corrected chi connectivity index (χ4v) is 7.21. The van der Waals surface area contributed by atoms with E-state index in [1.807, 2.05) is 19.1 Å². The molecule has 0 bridgehead atoms. The molecule has 0 aliphatic heterocycles.